The van der Waals surface area contributed by atoms with E-state index in [4.69, 9.17) is 0 Å². The number of hydrogen-bond donors (Lipinski definition) is 1. The van der Waals surface area contributed by atoms with Crippen LogP contribution in [0, 0.1) is 11.7 Å². The molecule has 30 heavy (non-hydrogen) atoms. The predicted octanol–water partition coefficient (Wildman–Crippen LogP) is 5.96. The fraction of sp³-hybridized carbons (Fsp3) is 0.385. The van der Waals surface area contributed by atoms with Gasteiger partial charge in [-0.15, -0.1) is 0 Å². The molecule has 1 N–H and O–H groups in total. The van der Waals surface area contributed by atoms with E-state index in [-0.39, 0.29) is 23.7 Å². The molecule has 1 aliphatic rings. The van der Waals surface area contributed by atoms with Crippen molar-refractivity contribution >= 4 is 16.8 Å². The van der Waals surface area contributed by atoms with Crippen LogP contribution in [0.1, 0.15) is 62.5 Å². The third-order valence-electron chi connectivity index (χ3n) is 6.72. The summed E-state index contributed by atoms with van der Waals surface area (Å²) in [6.07, 6.45) is 6.05. The van der Waals surface area contributed by atoms with Crippen LogP contribution in [0.3, 0.4) is 0 Å². The van der Waals surface area contributed by atoms with Gasteiger partial charge in [-0.3, -0.25) is 9.78 Å². The molecule has 4 rings (SSSR count). The van der Waals surface area contributed by atoms with Crippen LogP contribution in [0.2, 0.25) is 0 Å². The molecule has 156 valence electrons. The minimum atomic E-state index is -0.214. The number of halogens is 1. The Morgan fingerprint density at radius 1 is 1.03 bits per heavy atom. The van der Waals surface area contributed by atoms with Gasteiger partial charge < -0.3 is 5.32 Å². The molecule has 2 aromatic carbocycles. The van der Waals surface area contributed by atoms with Crippen LogP contribution in [0.5, 0.6) is 0 Å². The van der Waals surface area contributed by atoms with Gasteiger partial charge >= 0.3 is 0 Å². The summed E-state index contributed by atoms with van der Waals surface area (Å²) in [4.78, 5) is 17.1. The van der Waals surface area contributed by atoms with Crippen molar-refractivity contribution in [2.24, 2.45) is 5.92 Å². The summed E-state index contributed by atoms with van der Waals surface area (Å²) >= 11 is 0. The van der Waals surface area contributed by atoms with Gasteiger partial charge in [-0.1, -0.05) is 30.3 Å². The molecular formula is C26H29FN2O. The fourth-order valence-corrected chi connectivity index (χ4v) is 4.79. The Balaban J connectivity index is 1.38. The molecule has 1 saturated carbocycles. The molecule has 2 atom stereocenters. The molecule has 1 aromatic heterocycles. The number of amides is 1. The van der Waals surface area contributed by atoms with Gasteiger partial charge in [0.25, 0.3) is 0 Å². The zero-order valence-electron chi connectivity index (χ0n) is 17.6. The first-order valence-electron chi connectivity index (χ1n) is 10.9. The van der Waals surface area contributed by atoms with Crippen molar-refractivity contribution in [2.45, 2.75) is 57.4 Å². The summed E-state index contributed by atoms with van der Waals surface area (Å²) < 4.78 is 13.8. The zero-order valence-corrected chi connectivity index (χ0v) is 17.6. The van der Waals surface area contributed by atoms with Crippen molar-refractivity contribution in [3.05, 3.63) is 77.7 Å². The van der Waals surface area contributed by atoms with E-state index < -0.39 is 0 Å². The monoisotopic (exact) mass is 404 g/mol. The summed E-state index contributed by atoms with van der Waals surface area (Å²) in [6.45, 7) is 4.08. The predicted molar refractivity (Wildman–Crippen MR) is 119 cm³/mol. The van der Waals surface area contributed by atoms with Gasteiger partial charge in [0, 0.05) is 17.6 Å². The Morgan fingerprint density at radius 2 is 1.77 bits per heavy atom. The number of benzene rings is 2. The smallest absolute Gasteiger partial charge is 0.227 e. The Morgan fingerprint density at radius 3 is 2.50 bits per heavy atom. The first kappa shape index (κ1) is 20.5. The van der Waals surface area contributed by atoms with Crippen LogP contribution in [0.25, 0.3) is 10.9 Å². The van der Waals surface area contributed by atoms with E-state index >= 15 is 0 Å². The number of rotatable bonds is 5. The maximum absolute atomic E-state index is 13.8. The molecule has 4 heteroatoms. The van der Waals surface area contributed by atoms with Crippen molar-refractivity contribution < 1.29 is 9.18 Å². The summed E-state index contributed by atoms with van der Waals surface area (Å²) in [6, 6.07) is 16.9. The maximum atomic E-state index is 13.8. The number of carbonyl (C=O) groups excluding carboxylic acids is 1. The largest absolute Gasteiger partial charge is 0.353 e. The average Bonchev–Trinajstić information content (AvgIpc) is 2.78. The number of nitrogens with zero attached hydrogens (tertiary/aromatic N) is 1. The van der Waals surface area contributed by atoms with Crippen LogP contribution in [-0.4, -0.2) is 16.9 Å². The number of pyridine rings is 1. The zero-order chi connectivity index (χ0) is 21.1. The van der Waals surface area contributed by atoms with E-state index in [2.05, 4.69) is 17.2 Å². The molecule has 1 fully saturated rings. The van der Waals surface area contributed by atoms with Crippen molar-refractivity contribution in [3.63, 3.8) is 0 Å². The standard InChI is InChI=1S/C26H29FN2O/c1-17(19-6-4-3-5-7-19)26(30)29-18(2)20-8-10-21(11-9-20)23-14-15-28-25-13-12-22(27)16-24(23)25/h3-7,12-18,20-21H,8-11H2,1-2H3,(H,29,30)/t17-,18+,20?,21?/m0/s1. The SMILES string of the molecule is C[C@H](C(=O)N[C@H](C)C1CCC(c2ccnc3ccc(F)cc23)CC1)c1ccccc1. The minimum absolute atomic E-state index is 0.0893. The van der Waals surface area contributed by atoms with E-state index in [1.807, 2.05) is 49.5 Å². The molecular weight excluding hydrogens is 375 g/mol. The van der Waals surface area contributed by atoms with Crippen LogP contribution in [0.4, 0.5) is 4.39 Å². The number of aromatic nitrogens is 1. The van der Waals surface area contributed by atoms with Crippen LogP contribution < -0.4 is 5.32 Å². The topological polar surface area (TPSA) is 42.0 Å². The van der Waals surface area contributed by atoms with Gasteiger partial charge in [0.05, 0.1) is 11.4 Å². The van der Waals surface area contributed by atoms with Crippen LogP contribution in [0.15, 0.2) is 60.8 Å². The van der Waals surface area contributed by atoms with Crippen LogP contribution in [-0.2, 0) is 4.79 Å². The summed E-state index contributed by atoms with van der Waals surface area (Å²) in [7, 11) is 0. The first-order valence-corrected chi connectivity index (χ1v) is 10.9. The third-order valence-corrected chi connectivity index (χ3v) is 6.72. The molecule has 0 aliphatic heterocycles. The average molecular weight is 405 g/mol. The summed E-state index contributed by atoms with van der Waals surface area (Å²) in [5, 5.41) is 4.17. The molecule has 0 radical (unpaired) electrons. The van der Waals surface area contributed by atoms with Crippen molar-refractivity contribution in [1.29, 1.82) is 0 Å². The fourth-order valence-electron chi connectivity index (χ4n) is 4.79. The highest BCUT2D eigenvalue weighted by atomic mass is 19.1. The van der Waals surface area contributed by atoms with Gasteiger partial charge in [-0.25, -0.2) is 4.39 Å². The molecule has 1 aliphatic carbocycles. The normalized spacial score (nSPS) is 21.2. The lowest BCUT2D eigenvalue weighted by Gasteiger charge is -2.33. The van der Waals surface area contributed by atoms with Gasteiger partial charge in [-0.2, -0.15) is 0 Å². The Kier molecular flexibility index (Phi) is 6.12. The molecule has 0 unspecified atom stereocenters. The van der Waals surface area contributed by atoms with Crippen molar-refractivity contribution in [3.8, 4) is 0 Å². The highest BCUT2D eigenvalue weighted by Gasteiger charge is 2.28. The second kappa shape index (κ2) is 8.95. The molecule has 0 spiro atoms. The van der Waals surface area contributed by atoms with E-state index in [1.54, 1.807) is 12.1 Å². The van der Waals surface area contributed by atoms with E-state index in [0.717, 1.165) is 42.1 Å². The van der Waals surface area contributed by atoms with Gasteiger partial charge in [0.1, 0.15) is 5.82 Å². The molecule has 1 heterocycles. The Bertz CT molecular complexity index is 1010. The highest BCUT2D eigenvalue weighted by molar-refractivity contribution is 5.83. The number of fused-ring (bicyclic) bond motifs is 1. The van der Waals surface area contributed by atoms with Gasteiger partial charge in [0.15, 0.2) is 0 Å². The molecule has 1 amide bonds. The van der Waals surface area contributed by atoms with Gasteiger partial charge in [0.2, 0.25) is 5.91 Å². The highest BCUT2D eigenvalue weighted by Crippen LogP contribution is 2.39. The quantitative estimate of drug-likeness (QED) is 0.570. The molecule has 3 nitrogen and oxygen atoms in total. The third kappa shape index (κ3) is 4.38. The molecule has 0 bridgehead atoms. The summed E-state index contributed by atoms with van der Waals surface area (Å²) in [5.41, 5.74) is 3.10. The maximum Gasteiger partial charge on any atom is 0.227 e. The number of carbonyl (C=O) groups is 1. The Hall–Kier alpha value is -2.75. The van der Waals surface area contributed by atoms with E-state index in [0.29, 0.717) is 11.8 Å². The number of nitrogens with one attached hydrogen (secondary N) is 1. The number of hydrogen-bond acceptors (Lipinski definition) is 2. The molecule has 3 aromatic rings. The van der Waals surface area contributed by atoms with Crippen molar-refractivity contribution in [1.82, 2.24) is 10.3 Å². The van der Waals surface area contributed by atoms with Crippen LogP contribution >= 0.6 is 0 Å². The lowest BCUT2D eigenvalue weighted by molar-refractivity contribution is -0.123. The lowest BCUT2D eigenvalue weighted by atomic mass is 9.75. The van der Waals surface area contributed by atoms with E-state index in [9.17, 15) is 9.18 Å². The van der Waals surface area contributed by atoms with E-state index in [1.165, 1.54) is 11.6 Å². The second-order valence-electron chi connectivity index (χ2n) is 8.60. The first-order chi connectivity index (χ1) is 14.5. The van der Waals surface area contributed by atoms with Crippen molar-refractivity contribution in [2.75, 3.05) is 0 Å². The molecule has 0 saturated heterocycles. The summed E-state index contributed by atoms with van der Waals surface area (Å²) in [5.74, 6) is 0.613. The second-order valence-corrected chi connectivity index (χ2v) is 8.60. The van der Waals surface area contributed by atoms with Gasteiger partial charge in [-0.05, 0) is 86.8 Å². The lowest BCUT2D eigenvalue weighted by Crippen LogP contribution is -2.41. The minimum Gasteiger partial charge on any atom is -0.353 e. The Labute approximate surface area is 177 Å².